The highest BCUT2D eigenvalue weighted by Gasteiger charge is 2.36. The molecule has 0 spiro atoms. The van der Waals surface area contributed by atoms with Crippen molar-refractivity contribution in [2.45, 2.75) is 19.3 Å². The minimum Gasteiger partial charge on any atom is -0.486 e. The molecule has 0 unspecified atom stereocenters. The van der Waals surface area contributed by atoms with E-state index in [9.17, 15) is 25.1 Å². The predicted octanol–water partition coefficient (Wildman–Crippen LogP) is 10.5. The Kier molecular flexibility index (Phi) is 7.36. The molecule has 55 heavy (non-hydrogen) atoms. The van der Waals surface area contributed by atoms with Gasteiger partial charge in [0, 0.05) is 38.3 Å². The van der Waals surface area contributed by atoms with Crippen LogP contribution in [0.3, 0.4) is 0 Å². The Hall–Kier alpha value is -7.68. The number of carboxylic acid groups (broad SMARTS) is 2. The maximum Gasteiger partial charge on any atom is 0.346 e. The lowest BCUT2D eigenvalue weighted by atomic mass is 9.82. The normalized spacial score (nSPS) is 13.5. The van der Waals surface area contributed by atoms with E-state index < -0.39 is 11.9 Å². The SMILES string of the molecule is [C-]#[N+]C(=Cc1ccc2c(c1)c1ccccc1n2-c1ccc2c(c1)C(C)(C)c1cc(-n3c4ccccc4c4cc(/C=C(\C#N)C(=O)O)ccc43)ccc1-2)C(=O)O. The summed E-state index contributed by atoms with van der Waals surface area (Å²) in [6.07, 6.45) is 2.81. The summed E-state index contributed by atoms with van der Waals surface area (Å²) in [5, 5.41) is 32.2. The molecule has 0 amide bonds. The van der Waals surface area contributed by atoms with Crippen molar-refractivity contribution < 1.29 is 19.8 Å². The molecule has 9 rings (SSSR count). The van der Waals surface area contributed by atoms with Crippen LogP contribution in [0.2, 0.25) is 0 Å². The lowest BCUT2D eigenvalue weighted by molar-refractivity contribution is -0.133. The van der Waals surface area contributed by atoms with E-state index in [1.165, 1.54) is 34.4 Å². The van der Waals surface area contributed by atoms with Gasteiger partial charge in [-0.15, -0.1) is 0 Å². The highest BCUT2D eigenvalue weighted by atomic mass is 16.4. The molecule has 262 valence electrons. The van der Waals surface area contributed by atoms with Gasteiger partial charge in [0.15, 0.2) is 0 Å². The van der Waals surface area contributed by atoms with Crippen molar-refractivity contribution in [3.63, 3.8) is 0 Å². The molecule has 8 heteroatoms. The number of hydrogen-bond acceptors (Lipinski definition) is 3. The van der Waals surface area contributed by atoms with Crippen LogP contribution in [0.25, 0.3) is 83.1 Å². The molecule has 2 heterocycles. The number of carboxylic acids is 2. The third-order valence-electron chi connectivity index (χ3n) is 10.9. The van der Waals surface area contributed by atoms with E-state index in [1.54, 1.807) is 6.07 Å². The average Bonchev–Trinajstić information content (AvgIpc) is 3.78. The average molecular weight is 715 g/mol. The summed E-state index contributed by atoms with van der Waals surface area (Å²) in [6, 6.07) is 42.9. The van der Waals surface area contributed by atoms with Gasteiger partial charge in [-0.1, -0.05) is 74.5 Å². The Labute approximate surface area is 315 Å². The Bertz CT molecular complexity index is 2950. The molecule has 8 nitrogen and oxygen atoms in total. The van der Waals surface area contributed by atoms with Crippen LogP contribution in [0.1, 0.15) is 36.1 Å². The van der Waals surface area contributed by atoms with E-state index in [0.29, 0.717) is 11.1 Å². The molecule has 2 N–H and O–H groups in total. The molecular formula is C47H30N4O4. The topological polar surface area (TPSA) is 113 Å². The largest absolute Gasteiger partial charge is 0.486 e. The molecule has 0 bridgehead atoms. The molecular weight excluding hydrogens is 685 g/mol. The van der Waals surface area contributed by atoms with Gasteiger partial charge < -0.3 is 19.3 Å². The molecule has 0 aliphatic heterocycles. The first kappa shape index (κ1) is 33.2. The number of aliphatic carboxylic acids is 2. The van der Waals surface area contributed by atoms with Crippen molar-refractivity contribution >= 4 is 67.7 Å². The second-order valence-corrected chi connectivity index (χ2v) is 14.3. The van der Waals surface area contributed by atoms with Gasteiger partial charge in [0.05, 0.1) is 28.6 Å². The summed E-state index contributed by atoms with van der Waals surface area (Å²) < 4.78 is 4.48. The van der Waals surface area contributed by atoms with Crippen LogP contribution in [0.15, 0.2) is 133 Å². The maximum absolute atomic E-state index is 11.6. The lowest BCUT2D eigenvalue weighted by Crippen LogP contribution is -2.16. The first-order chi connectivity index (χ1) is 26.6. The van der Waals surface area contributed by atoms with Gasteiger partial charge in [0.1, 0.15) is 11.6 Å². The fourth-order valence-corrected chi connectivity index (χ4v) is 8.32. The van der Waals surface area contributed by atoms with Gasteiger partial charge in [-0.2, -0.15) is 5.26 Å². The number of nitriles is 1. The molecule has 8 aromatic rings. The number of rotatable bonds is 6. The van der Waals surface area contributed by atoms with Crippen LogP contribution < -0.4 is 0 Å². The summed E-state index contributed by atoms with van der Waals surface area (Å²) in [7, 11) is 0. The second kappa shape index (κ2) is 12.2. The quantitative estimate of drug-likeness (QED) is 0.101. The van der Waals surface area contributed by atoms with E-state index in [1.807, 2.05) is 60.7 Å². The van der Waals surface area contributed by atoms with E-state index >= 15 is 0 Å². The summed E-state index contributed by atoms with van der Waals surface area (Å²) in [5.74, 6) is -2.51. The lowest BCUT2D eigenvalue weighted by Gasteiger charge is -2.23. The monoisotopic (exact) mass is 714 g/mol. The zero-order chi connectivity index (χ0) is 38.2. The Balaban J connectivity index is 1.17. The van der Waals surface area contributed by atoms with Crippen LogP contribution in [0, 0.1) is 17.9 Å². The van der Waals surface area contributed by atoms with Crippen molar-refractivity contribution in [1.82, 2.24) is 9.13 Å². The number of fused-ring (bicyclic) bond motifs is 9. The summed E-state index contributed by atoms with van der Waals surface area (Å²) in [6.45, 7) is 11.8. The van der Waals surface area contributed by atoms with Crippen LogP contribution in [0.4, 0.5) is 0 Å². The Morgan fingerprint density at radius 3 is 1.56 bits per heavy atom. The maximum atomic E-state index is 11.6. The van der Waals surface area contributed by atoms with Crippen molar-refractivity contribution in [3.8, 4) is 28.6 Å². The van der Waals surface area contributed by atoms with Crippen LogP contribution in [-0.4, -0.2) is 31.3 Å². The number of carbonyl (C=O) groups is 2. The summed E-state index contributed by atoms with van der Waals surface area (Å²) >= 11 is 0. The van der Waals surface area contributed by atoms with Gasteiger partial charge in [-0.05, 0) is 106 Å². The summed E-state index contributed by atoms with van der Waals surface area (Å²) in [5.41, 5.74) is 11.1. The van der Waals surface area contributed by atoms with Crippen molar-refractivity contribution in [2.24, 2.45) is 0 Å². The third kappa shape index (κ3) is 5.04. The number of benzene rings is 6. The zero-order valence-corrected chi connectivity index (χ0v) is 29.7. The number of hydrogen-bond donors (Lipinski definition) is 2. The molecule has 0 saturated carbocycles. The third-order valence-corrected chi connectivity index (χ3v) is 10.9. The molecule has 0 radical (unpaired) electrons. The van der Waals surface area contributed by atoms with Crippen molar-refractivity contribution in [3.05, 3.63) is 166 Å². The Morgan fingerprint density at radius 1 is 0.636 bits per heavy atom. The number of para-hydroxylation sites is 2. The molecule has 0 fully saturated rings. The fourth-order valence-electron chi connectivity index (χ4n) is 8.32. The van der Waals surface area contributed by atoms with Gasteiger partial charge in [0.2, 0.25) is 0 Å². The molecule has 1 aliphatic carbocycles. The number of aromatic nitrogens is 2. The van der Waals surface area contributed by atoms with Crippen LogP contribution in [-0.2, 0) is 15.0 Å². The minimum atomic E-state index is -1.26. The zero-order valence-electron chi connectivity index (χ0n) is 29.7. The fraction of sp³-hybridized carbons (Fsp3) is 0.0638. The second-order valence-electron chi connectivity index (χ2n) is 14.3. The smallest absolute Gasteiger partial charge is 0.346 e. The molecule has 0 atom stereocenters. The first-order valence-corrected chi connectivity index (χ1v) is 17.6. The van der Waals surface area contributed by atoms with E-state index in [2.05, 4.69) is 88.5 Å². The van der Waals surface area contributed by atoms with Crippen LogP contribution in [0.5, 0.6) is 0 Å². The highest BCUT2D eigenvalue weighted by Crippen LogP contribution is 2.50. The Morgan fingerprint density at radius 2 is 1.11 bits per heavy atom. The van der Waals surface area contributed by atoms with Crippen LogP contribution >= 0.6 is 0 Å². The molecule has 6 aromatic carbocycles. The standard InChI is InChI=1S/C47H30N4O4/c1-47(2)38-24-30(50-41-10-6-4-8-34(41)36-21-27(12-18-43(36)50)20-29(26-48)45(52)53)14-16-32(38)33-17-15-31(25-39(33)47)51-42-11-7-5-9-35(42)37-22-28(13-19-44(37)51)23-40(49-3)46(54)55/h4-25H,1-2H3,(H,52,53)(H,54,55)/b29-20+,40-23?. The first-order valence-electron chi connectivity index (χ1n) is 17.6. The van der Waals surface area contributed by atoms with E-state index in [0.717, 1.165) is 55.0 Å². The van der Waals surface area contributed by atoms with Gasteiger partial charge in [-0.25, -0.2) is 9.64 Å². The van der Waals surface area contributed by atoms with Gasteiger partial charge >= 0.3 is 11.9 Å². The summed E-state index contributed by atoms with van der Waals surface area (Å²) in [4.78, 5) is 26.3. The highest BCUT2D eigenvalue weighted by molar-refractivity contribution is 6.11. The molecule has 2 aromatic heterocycles. The van der Waals surface area contributed by atoms with E-state index in [-0.39, 0.29) is 16.7 Å². The van der Waals surface area contributed by atoms with Gasteiger partial charge in [-0.3, -0.25) is 4.79 Å². The molecule has 0 saturated heterocycles. The minimum absolute atomic E-state index is 0.319. The number of nitrogens with zero attached hydrogens (tertiary/aromatic N) is 4. The van der Waals surface area contributed by atoms with Crippen molar-refractivity contribution in [1.29, 1.82) is 5.26 Å². The predicted molar refractivity (Wildman–Crippen MR) is 216 cm³/mol. The molecule has 1 aliphatic rings. The van der Waals surface area contributed by atoms with Crippen molar-refractivity contribution in [2.75, 3.05) is 0 Å². The van der Waals surface area contributed by atoms with Gasteiger partial charge in [0.25, 0.3) is 5.70 Å². The van der Waals surface area contributed by atoms with E-state index in [4.69, 9.17) is 6.57 Å².